The highest BCUT2D eigenvalue weighted by Crippen LogP contribution is 2.26. The first-order chi connectivity index (χ1) is 8.70. The van der Waals surface area contributed by atoms with E-state index < -0.39 is 0 Å². The summed E-state index contributed by atoms with van der Waals surface area (Å²) < 4.78 is 5.35. The van der Waals surface area contributed by atoms with Crippen LogP contribution in [-0.2, 0) is 6.54 Å². The first kappa shape index (κ1) is 12.8. The fourth-order valence-corrected chi connectivity index (χ4v) is 1.98. The summed E-state index contributed by atoms with van der Waals surface area (Å²) in [5.74, 6) is 0.849. The lowest BCUT2D eigenvalue weighted by Gasteiger charge is -2.12. The van der Waals surface area contributed by atoms with Gasteiger partial charge in [-0.05, 0) is 36.2 Å². The molecule has 18 heavy (non-hydrogen) atoms. The SMILES string of the molecule is COc1cc(C)ccc1NCc1ccccc1Cl. The zero-order valence-corrected chi connectivity index (χ0v) is 11.3. The van der Waals surface area contributed by atoms with E-state index in [0.29, 0.717) is 6.54 Å². The fraction of sp³-hybridized carbons (Fsp3) is 0.200. The van der Waals surface area contributed by atoms with Gasteiger partial charge in [-0.2, -0.15) is 0 Å². The zero-order valence-electron chi connectivity index (χ0n) is 10.5. The molecule has 2 nitrogen and oxygen atoms in total. The molecule has 0 aliphatic rings. The topological polar surface area (TPSA) is 21.3 Å². The summed E-state index contributed by atoms with van der Waals surface area (Å²) >= 11 is 6.12. The van der Waals surface area contributed by atoms with Crippen molar-refractivity contribution in [3.8, 4) is 5.75 Å². The maximum absolute atomic E-state index is 6.12. The van der Waals surface area contributed by atoms with Gasteiger partial charge in [0.2, 0.25) is 0 Å². The molecule has 0 spiro atoms. The molecule has 94 valence electrons. The molecule has 0 bridgehead atoms. The van der Waals surface area contributed by atoms with Gasteiger partial charge >= 0.3 is 0 Å². The minimum Gasteiger partial charge on any atom is -0.495 e. The molecule has 0 radical (unpaired) electrons. The number of ether oxygens (including phenoxy) is 1. The average Bonchev–Trinajstić information content (AvgIpc) is 2.39. The predicted octanol–water partition coefficient (Wildman–Crippen LogP) is 4.27. The number of hydrogen-bond donors (Lipinski definition) is 1. The molecule has 3 heteroatoms. The molecule has 2 rings (SSSR count). The van der Waals surface area contributed by atoms with Crippen molar-refractivity contribution in [2.45, 2.75) is 13.5 Å². The summed E-state index contributed by atoms with van der Waals surface area (Å²) in [7, 11) is 1.68. The number of anilines is 1. The summed E-state index contributed by atoms with van der Waals surface area (Å²) in [4.78, 5) is 0. The largest absolute Gasteiger partial charge is 0.495 e. The van der Waals surface area contributed by atoms with E-state index in [0.717, 1.165) is 22.0 Å². The van der Waals surface area contributed by atoms with Gasteiger partial charge in [-0.15, -0.1) is 0 Å². The van der Waals surface area contributed by atoms with Crippen LogP contribution in [0.15, 0.2) is 42.5 Å². The Morgan fingerprint density at radius 2 is 1.94 bits per heavy atom. The Bertz CT molecular complexity index is 540. The predicted molar refractivity (Wildman–Crippen MR) is 76.5 cm³/mol. The maximum Gasteiger partial charge on any atom is 0.142 e. The molecule has 2 aromatic rings. The Morgan fingerprint density at radius 3 is 2.67 bits per heavy atom. The van der Waals surface area contributed by atoms with Gasteiger partial charge in [0.1, 0.15) is 5.75 Å². The van der Waals surface area contributed by atoms with E-state index in [1.807, 2.05) is 43.3 Å². The van der Waals surface area contributed by atoms with Crippen LogP contribution >= 0.6 is 11.6 Å². The highest BCUT2D eigenvalue weighted by Gasteiger charge is 2.04. The third kappa shape index (κ3) is 2.96. The number of nitrogens with one attached hydrogen (secondary N) is 1. The molecule has 0 aliphatic carbocycles. The van der Waals surface area contributed by atoms with Gasteiger partial charge in [-0.1, -0.05) is 35.9 Å². The Balaban J connectivity index is 2.13. The Morgan fingerprint density at radius 1 is 1.17 bits per heavy atom. The Kier molecular flexibility index (Phi) is 4.11. The van der Waals surface area contributed by atoms with Crippen LogP contribution in [0.25, 0.3) is 0 Å². The highest BCUT2D eigenvalue weighted by atomic mass is 35.5. The molecule has 0 heterocycles. The van der Waals surface area contributed by atoms with E-state index in [-0.39, 0.29) is 0 Å². The first-order valence-electron chi connectivity index (χ1n) is 5.82. The Labute approximate surface area is 113 Å². The van der Waals surface area contributed by atoms with E-state index in [2.05, 4.69) is 11.4 Å². The molecule has 0 saturated carbocycles. The van der Waals surface area contributed by atoms with Crippen molar-refractivity contribution in [3.63, 3.8) is 0 Å². The van der Waals surface area contributed by atoms with Crippen LogP contribution in [-0.4, -0.2) is 7.11 Å². The molecular weight excluding hydrogens is 246 g/mol. The van der Waals surface area contributed by atoms with Gasteiger partial charge in [0.25, 0.3) is 0 Å². The first-order valence-corrected chi connectivity index (χ1v) is 6.20. The molecule has 0 aliphatic heterocycles. The number of aryl methyl sites for hydroxylation is 1. The second-order valence-corrected chi connectivity index (χ2v) is 4.56. The van der Waals surface area contributed by atoms with Crippen molar-refractivity contribution in [2.75, 3.05) is 12.4 Å². The van der Waals surface area contributed by atoms with Crippen LogP contribution in [0.3, 0.4) is 0 Å². The van der Waals surface area contributed by atoms with E-state index >= 15 is 0 Å². The highest BCUT2D eigenvalue weighted by molar-refractivity contribution is 6.31. The van der Waals surface area contributed by atoms with Crippen molar-refractivity contribution >= 4 is 17.3 Å². The molecular formula is C15H16ClNO. The molecule has 0 amide bonds. The third-order valence-electron chi connectivity index (χ3n) is 2.78. The second-order valence-electron chi connectivity index (χ2n) is 4.15. The van der Waals surface area contributed by atoms with Gasteiger partial charge in [0.15, 0.2) is 0 Å². The van der Waals surface area contributed by atoms with Crippen LogP contribution in [0.2, 0.25) is 5.02 Å². The summed E-state index contributed by atoms with van der Waals surface area (Å²) in [5, 5.41) is 4.11. The molecule has 0 saturated heterocycles. The molecule has 2 aromatic carbocycles. The van der Waals surface area contributed by atoms with Crippen LogP contribution in [0.1, 0.15) is 11.1 Å². The number of benzene rings is 2. The lowest BCUT2D eigenvalue weighted by atomic mass is 10.2. The van der Waals surface area contributed by atoms with Crippen LogP contribution in [0.5, 0.6) is 5.75 Å². The summed E-state index contributed by atoms with van der Waals surface area (Å²) in [6, 6.07) is 13.9. The van der Waals surface area contributed by atoms with Gasteiger partial charge in [-0.25, -0.2) is 0 Å². The second kappa shape index (κ2) is 5.78. The van der Waals surface area contributed by atoms with Gasteiger partial charge in [-0.3, -0.25) is 0 Å². The lowest BCUT2D eigenvalue weighted by molar-refractivity contribution is 0.416. The summed E-state index contributed by atoms with van der Waals surface area (Å²) in [6.07, 6.45) is 0. The van der Waals surface area contributed by atoms with Crippen molar-refractivity contribution in [1.82, 2.24) is 0 Å². The van der Waals surface area contributed by atoms with Gasteiger partial charge < -0.3 is 10.1 Å². The quantitative estimate of drug-likeness (QED) is 0.888. The standard InChI is InChI=1S/C15H16ClNO/c1-11-7-8-14(15(9-11)18-2)17-10-12-5-3-4-6-13(12)16/h3-9,17H,10H2,1-2H3. The minimum absolute atomic E-state index is 0.680. The normalized spacial score (nSPS) is 10.2. The average molecular weight is 262 g/mol. The van der Waals surface area contributed by atoms with E-state index in [1.54, 1.807) is 7.11 Å². The minimum atomic E-state index is 0.680. The van der Waals surface area contributed by atoms with Crippen molar-refractivity contribution in [1.29, 1.82) is 0 Å². The van der Waals surface area contributed by atoms with Gasteiger partial charge in [0, 0.05) is 11.6 Å². The lowest BCUT2D eigenvalue weighted by Crippen LogP contribution is -2.02. The summed E-state index contributed by atoms with van der Waals surface area (Å²) in [5.41, 5.74) is 3.22. The third-order valence-corrected chi connectivity index (χ3v) is 3.15. The molecule has 1 N–H and O–H groups in total. The number of halogens is 1. The summed E-state index contributed by atoms with van der Waals surface area (Å²) in [6.45, 7) is 2.72. The zero-order chi connectivity index (χ0) is 13.0. The van der Waals surface area contributed by atoms with Crippen LogP contribution < -0.4 is 10.1 Å². The van der Waals surface area contributed by atoms with E-state index in [9.17, 15) is 0 Å². The van der Waals surface area contributed by atoms with Crippen molar-refractivity contribution in [2.24, 2.45) is 0 Å². The number of methoxy groups -OCH3 is 1. The van der Waals surface area contributed by atoms with Gasteiger partial charge in [0.05, 0.1) is 12.8 Å². The molecule has 0 fully saturated rings. The van der Waals surface area contributed by atoms with Crippen LogP contribution in [0, 0.1) is 6.92 Å². The molecule has 0 atom stereocenters. The molecule has 0 unspecified atom stereocenters. The van der Waals surface area contributed by atoms with E-state index in [1.165, 1.54) is 5.56 Å². The number of hydrogen-bond acceptors (Lipinski definition) is 2. The van der Waals surface area contributed by atoms with E-state index in [4.69, 9.17) is 16.3 Å². The fourth-order valence-electron chi connectivity index (χ4n) is 1.78. The monoisotopic (exact) mass is 261 g/mol. The van der Waals surface area contributed by atoms with Crippen molar-refractivity contribution < 1.29 is 4.74 Å². The van der Waals surface area contributed by atoms with Crippen LogP contribution in [0.4, 0.5) is 5.69 Å². The Hall–Kier alpha value is -1.67. The smallest absolute Gasteiger partial charge is 0.142 e. The molecule has 0 aromatic heterocycles. The number of rotatable bonds is 4. The van der Waals surface area contributed by atoms with Crippen molar-refractivity contribution in [3.05, 3.63) is 58.6 Å². The maximum atomic E-state index is 6.12.